The lowest BCUT2D eigenvalue weighted by Gasteiger charge is -2.12. The Hall–Kier alpha value is -1.79. The molecule has 0 radical (unpaired) electrons. The van der Waals surface area contributed by atoms with Crippen molar-refractivity contribution in [2.45, 2.75) is 24.6 Å². The van der Waals surface area contributed by atoms with Crippen molar-refractivity contribution in [2.75, 3.05) is 18.5 Å². The van der Waals surface area contributed by atoms with Gasteiger partial charge in [0, 0.05) is 24.2 Å². The van der Waals surface area contributed by atoms with E-state index in [1.807, 2.05) is 6.92 Å². The summed E-state index contributed by atoms with van der Waals surface area (Å²) in [4.78, 5) is 35.5. The summed E-state index contributed by atoms with van der Waals surface area (Å²) in [5, 5.41) is 5.23. The first-order valence-corrected chi connectivity index (χ1v) is 8.18. The maximum atomic E-state index is 11.9. The van der Waals surface area contributed by atoms with Gasteiger partial charge < -0.3 is 15.4 Å². The quantitative estimate of drug-likeness (QED) is 0.593. The number of anilines is 1. The maximum Gasteiger partial charge on any atom is 0.315 e. The monoisotopic (exact) mass is 372 g/mol. The van der Waals surface area contributed by atoms with Crippen LogP contribution < -0.4 is 10.6 Å². The molecule has 1 aliphatic rings. The van der Waals surface area contributed by atoms with Gasteiger partial charge in [-0.3, -0.25) is 14.4 Å². The van der Waals surface area contributed by atoms with Crippen LogP contribution in [-0.2, 0) is 14.3 Å². The Morgan fingerprint density at radius 2 is 1.96 bits per heavy atom. The summed E-state index contributed by atoms with van der Waals surface area (Å²) in [6.45, 7) is 3.45. The fourth-order valence-corrected chi connectivity index (χ4v) is 2.80. The summed E-state index contributed by atoms with van der Waals surface area (Å²) < 4.78 is 3.82. The second-order valence-electron chi connectivity index (χ2n) is 5.78. The predicted molar refractivity (Wildman–Crippen MR) is 91.2 cm³/mol. The van der Waals surface area contributed by atoms with Crippen molar-refractivity contribution in [2.24, 2.45) is 5.41 Å². The first kappa shape index (κ1) is 18.5. The highest BCUT2D eigenvalue weighted by molar-refractivity contribution is 6.53. The van der Waals surface area contributed by atoms with Gasteiger partial charge in [0.1, 0.15) is 9.75 Å². The van der Waals surface area contributed by atoms with Crippen LogP contribution in [-0.4, -0.2) is 35.3 Å². The molecule has 8 heteroatoms. The van der Waals surface area contributed by atoms with Gasteiger partial charge >= 0.3 is 5.97 Å². The molecule has 6 nitrogen and oxygen atoms in total. The van der Waals surface area contributed by atoms with Gasteiger partial charge in [0.2, 0.25) is 0 Å². The molecule has 0 bridgehead atoms. The van der Waals surface area contributed by atoms with Crippen LogP contribution in [0.25, 0.3) is 0 Å². The van der Waals surface area contributed by atoms with Crippen LogP contribution in [0.5, 0.6) is 0 Å². The number of hydrogen-bond donors (Lipinski definition) is 2. The van der Waals surface area contributed by atoms with E-state index < -0.39 is 28.2 Å². The average Bonchev–Trinajstić information content (AvgIpc) is 3.05. The molecule has 2 N–H and O–H groups in total. The topological polar surface area (TPSA) is 84.5 Å². The van der Waals surface area contributed by atoms with Crippen LogP contribution >= 0.6 is 23.2 Å². The molecule has 0 unspecified atom stereocenters. The highest BCUT2D eigenvalue weighted by Crippen LogP contribution is 2.64. The summed E-state index contributed by atoms with van der Waals surface area (Å²) in [7, 11) is 0. The largest absolute Gasteiger partial charge is 0.455 e. The molecule has 0 aliphatic heterocycles. The number of alkyl halides is 2. The number of halogens is 2. The van der Waals surface area contributed by atoms with Gasteiger partial charge in [-0.25, -0.2) is 0 Å². The van der Waals surface area contributed by atoms with E-state index in [1.165, 1.54) is 6.07 Å². The highest BCUT2D eigenvalue weighted by Gasteiger charge is 2.69. The van der Waals surface area contributed by atoms with Gasteiger partial charge in [-0.05, 0) is 32.0 Å². The molecule has 0 heterocycles. The van der Waals surface area contributed by atoms with Crippen molar-refractivity contribution in [3.8, 4) is 0 Å². The molecule has 1 aromatic carbocycles. The smallest absolute Gasteiger partial charge is 0.315 e. The SMILES string of the molecule is CCNC(=O)c1cccc(NC(=O)COC(=O)[C@]2(C)CC2(Cl)Cl)c1. The Labute approximate surface area is 149 Å². The minimum Gasteiger partial charge on any atom is -0.455 e. The van der Waals surface area contributed by atoms with Gasteiger partial charge in [-0.15, -0.1) is 23.2 Å². The molecule has 2 rings (SSSR count). The summed E-state index contributed by atoms with van der Waals surface area (Å²) in [5.41, 5.74) is -0.123. The maximum absolute atomic E-state index is 11.9. The normalized spacial score (nSPS) is 20.8. The van der Waals surface area contributed by atoms with Crippen LogP contribution in [0.3, 0.4) is 0 Å². The minimum atomic E-state index is -1.14. The van der Waals surface area contributed by atoms with Crippen LogP contribution in [0.4, 0.5) is 5.69 Å². The predicted octanol–water partition coefficient (Wildman–Crippen LogP) is 2.50. The third-order valence-corrected chi connectivity index (χ3v) is 4.89. The van der Waals surface area contributed by atoms with E-state index in [0.717, 1.165) is 0 Å². The van der Waals surface area contributed by atoms with Crippen LogP contribution in [0.2, 0.25) is 0 Å². The Kier molecular flexibility index (Phi) is 5.40. The molecule has 24 heavy (non-hydrogen) atoms. The van der Waals surface area contributed by atoms with Crippen LogP contribution in [0.15, 0.2) is 24.3 Å². The Bertz CT molecular complexity index is 678. The Balaban J connectivity index is 1.88. The van der Waals surface area contributed by atoms with Crippen LogP contribution in [0.1, 0.15) is 30.6 Å². The first-order chi connectivity index (χ1) is 11.2. The number of amides is 2. The Morgan fingerprint density at radius 1 is 1.29 bits per heavy atom. The van der Waals surface area contributed by atoms with E-state index in [0.29, 0.717) is 17.8 Å². The summed E-state index contributed by atoms with van der Waals surface area (Å²) in [6.07, 6.45) is 0.290. The molecule has 1 aliphatic carbocycles. The van der Waals surface area contributed by atoms with E-state index in [9.17, 15) is 14.4 Å². The fraction of sp³-hybridized carbons (Fsp3) is 0.438. The van der Waals surface area contributed by atoms with Gasteiger partial charge in [0.15, 0.2) is 6.61 Å². The second-order valence-corrected chi connectivity index (χ2v) is 7.26. The van der Waals surface area contributed by atoms with Crippen molar-refractivity contribution in [3.63, 3.8) is 0 Å². The van der Waals surface area contributed by atoms with Gasteiger partial charge in [-0.1, -0.05) is 6.07 Å². The van der Waals surface area contributed by atoms with Crippen LogP contribution in [0, 0.1) is 5.41 Å². The molecule has 0 spiro atoms. The van der Waals surface area contributed by atoms with Crippen molar-refractivity contribution in [3.05, 3.63) is 29.8 Å². The number of nitrogens with one attached hydrogen (secondary N) is 2. The number of carbonyl (C=O) groups excluding carboxylic acids is 3. The number of carbonyl (C=O) groups is 3. The molecule has 1 fully saturated rings. The fourth-order valence-electron chi connectivity index (χ4n) is 2.11. The minimum absolute atomic E-state index is 0.234. The molecule has 130 valence electrons. The number of esters is 1. The molecule has 1 saturated carbocycles. The number of hydrogen-bond acceptors (Lipinski definition) is 4. The zero-order chi connectivity index (χ0) is 18.0. The summed E-state index contributed by atoms with van der Waals surface area (Å²) in [5.74, 6) is -1.36. The molecular formula is C16H18Cl2N2O4. The van der Waals surface area contributed by atoms with Crippen molar-refractivity contribution < 1.29 is 19.1 Å². The van der Waals surface area contributed by atoms with Gasteiger partial charge in [0.05, 0.1) is 0 Å². The molecular weight excluding hydrogens is 355 g/mol. The van der Waals surface area contributed by atoms with E-state index in [-0.39, 0.29) is 12.3 Å². The Morgan fingerprint density at radius 3 is 2.54 bits per heavy atom. The summed E-state index contributed by atoms with van der Waals surface area (Å²) >= 11 is 11.8. The highest BCUT2D eigenvalue weighted by atomic mass is 35.5. The molecule has 0 saturated heterocycles. The number of benzene rings is 1. The van der Waals surface area contributed by atoms with Crippen molar-refractivity contribution in [1.29, 1.82) is 0 Å². The standard InChI is InChI=1S/C16H18Cl2N2O4/c1-3-19-13(22)10-5-4-6-11(7-10)20-12(21)8-24-14(23)15(2)9-16(15,17)18/h4-7H,3,8-9H2,1-2H3,(H,19,22)(H,20,21)/t15-/m0/s1. The lowest BCUT2D eigenvalue weighted by Crippen LogP contribution is -2.27. The number of rotatable bonds is 6. The van der Waals surface area contributed by atoms with Crippen molar-refractivity contribution >= 4 is 46.7 Å². The van der Waals surface area contributed by atoms with E-state index in [4.69, 9.17) is 27.9 Å². The molecule has 0 aromatic heterocycles. The third kappa shape index (κ3) is 3.99. The van der Waals surface area contributed by atoms with E-state index in [2.05, 4.69) is 10.6 Å². The average molecular weight is 373 g/mol. The third-order valence-electron chi connectivity index (χ3n) is 3.79. The lowest BCUT2D eigenvalue weighted by molar-refractivity contribution is -0.152. The number of ether oxygens (including phenoxy) is 1. The van der Waals surface area contributed by atoms with E-state index >= 15 is 0 Å². The molecule has 2 amide bonds. The zero-order valence-electron chi connectivity index (χ0n) is 13.3. The van der Waals surface area contributed by atoms with Gasteiger partial charge in [0.25, 0.3) is 11.8 Å². The second kappa shape index (κ2) is 6.99. The van der Waals surface area contributed by atoms with Gasteiger partial charge in [-0.2, -0.15) is 0 Å². The lowest BCUT2D eigenvalue weighted by atomic mass is 10.1. The van der Waals surface area contributed by atoms with Crippen molar-refractivity contribution in [1.82, 2.24) is 5.32 Å². The molecule has 1 atom stereocenters. The molecule has 1 aromatic rings. The zero-order valence-corrected chi connectivity index (χ0v) is 14.8. The summed E-state index contributed by atoms with van der Waals surface area (Å²) in [6, 6.07) is 6.45. The first-order valence-electron chi connectivity index (χ1n) is 7.43. The van der Waals surface area contributed by atoms with E-state index in [1.54, 1.807) is 25.1 Å².